The summed E-state index contributed by atoms with van der Waals surface area (Å²) in [6.45, 7) is 2.60. The van der Waals surface area contributed by atoms with Crippen LogP contribution >= 0.6 is 0 Å². The summed E-state index contributed by atoms with van der Waals surface area (Å²) >= 11 is 0. The number of hydrogen-bond donors (Lipinski definition) is 1. The Balaban J connectivity index is 1.71. The molecule has 1 aromatic carbocycles. The number of halogens is 1. The molecule has 1 saturated heterocycles. The van der Waals surface area contributed by atoms with Crippen LogP contribution in [0.2, 0.25) is 0 Å². The molecule has 3 rings (SSSR count). The van der Waals surface area contributed by atoms with E-state index in [9.17, 15) is 9.50 Å². The average molecular weight is 265 g/mol. The number of nitrogens with zero attached hydrogens (tertiary/aromatic N) is 1. The summed E-state index contributed by atoms with van der Waals surface area (Å²) in [5.41, 5.74) is 0.886. The summed E-state index contributed by atoms with van der Waals surface area (Å²) in [5.74, 6) is 1.52. The highest BCUT2D eigenvalue weighted by molar-refractivity contribution is 5.34. The highest BCUT2D eigenvalue weighted by atomic mass is 19.1. The first-order valence-corrected chi connectivity index (χ1v) is 6.90. The van der Waals surface area contributed by atoms with E-state index < -0.39 is 0 Å². The normalized spacial score (nSPS) is 30.6. The van der Waals surface area contributed by atoms with Crippen molar-refractivity contribution < 1.29 is 14.2 Å². The summed E-state index contributed by atoms with van der Waals surface area (Å²) in [6, 6.07) is 4.64. The molecule has 2 aliphatic rings. The van der Waals surface area contributed by atoms with Crippen molar-refractivity contribution in [3.05, 3.63) is 29.6 Å². The second-order valence-electron chi connectivity index (χ2n) is 5.72. The highest BCUT2D eigenvalue weighted by Crippen LogP contribution is 2.39. The predicted octanol–water partition coefficient (Wildman–Crippen LogP) is 2.04. The van der Waals surface area contributed by atoms with Gasteiger partial charge in [0.15, 0.2) is 0 Å². The molecule has 1 aliphatic carbocycles. The van der Waals surface area contributed by atoms with E-state index in [1.807, 2.05) is 0 Å². The van der Waals surface area contributed by atoms with Gasteiger partial charge in [0.25, 0.3) is 0 Å². The van der Waals surface area contributed by atoms with Crippen LogP contribution < -0.4 is 4.74 Å². The van der Waals surface area contributed by atoms with Gasteiger partial charge >= 0.3 is 0 Å². The third kappa shape index (κ3) is 2.47. The molecule has 0 radical (unpaired) electrons. The van der Waals surface area contributed by atoms with Crippen molar-refractivity contribution >= 4 is 0 Å². The van der Waals surface area contributed by atoms with E-state index in [1.54, 1.807) is 19.2 Å². The Kier molecular flexibility index (Phi) is 3.46. The molecule has 2 fully saturated rings. The molecule has 0 spiro atoms. The molecule has 3 atom stereocenters. The van der Waals surface area contributed by atoms with Crippen molar-refractivity contribution in [2.24, 2.45) is 11.8 Å². The fraction of sp³-hybridized carbons (Fsp3) is 0.600. The van der Waals surface area contributed by atoms with E-state index in [2.05, 4.69) is 4.90 Å². The number of ether oxygens (including phenoxy) is 1. The van der Waals surface area contributed by atoms with Gasteiger partial charge in [-0.15, -0.1) is 0 Å². The number of aliphatic hydroxyl groups excluding tert-OH is 1. The lowest BCUT2D eigenvalue weighted by molar-refractivity contribution is 0.123. The molecule has 19 heavy (non-hydrogen) atoms. The van der Waals surface area contributed by atoms with Gasteiger partial charge in [-0.05, 0) is 37.0 Å². The SMILES string of the molecule is COc1ccc(F)cc1CN1CC2CCC(O)C2C1. The maximum atomic E-state index is 13.3. The molecule has 0 bridgehead atoms. The van der Waals surface area contributed by atoms with Crippen LogP contribution in [0, 0.1) is 17.7 Å². The molecule has 0 aromatic heterocycles. The zero-order valence-corrected chi connectivity index (χ0v) is 11.2. The van der Waals surface area contributed by atoms with Gasteiger partial charge in [0.05, 0.1) is 13.2 Å². The van der Waals surface area contributed by atoms with Crippen LogP contribution in [-0.2, 0) is 6.54 Å². The molecule has 1 saturated carbocycles. The number of benzene rings is 1. The Bertz CT molecular complexity index is 465. The Morgan fingerprint density at radius 3 is 2.95 bits per heavy atom. The van der Waals surface area contributed by atoms with E-state index in [1.165, 1.54) is 6.07 Å². The van der Waals surface area contributed by atoms with Crippen LogP contribution in [-0.4, -0.2) is 36.3 Å². The zero-order valence-electron chi connectivity index (χ0n) is 11.2. The Morgan fingerprint density at radius 2 is 2.21 bits per heavy atom. The monoisotopic (exact) mass is 265 g/mol. The van der Waals surface area contributed by atoms with E-state index in [4.69, 9.17) is 4.74 Å². The first kappa shape index (κ1) is 12.9. The van der Waals surface area contributed by atoms with E-state index in [-0.39, 0.29) is 11.9 Å². The Labute approximate surface area is 113 Å². The van der Waals surface area contributed by atoms with Gasteiger partial charge in [0.2, 0.25) is 0 Å². The van der Waals surface area contributed by atoms with Crippen LogP contribution in [0.3, 0.4) is 0 Å². The topological polar surface area (TPSA) is 32.7 Å². The quantitative estimate of drug-likeness (QED) is 0.907. The minimum absolute atomic E-state index is 0.149. The lowest BCUT2D eigenvalue weighted by atomic mass is 10.00. The molecular formula is C15H20FNO2. The lowest BCUT2D eigenvalue weighted by Crippen LogP contribution is -2.24. The van der Waals surface area contributed by atoms with Crippen molar-refractivity contribution in [1.29, 1.82) is 0 Å². The molecule has 1 aliphatic heterocycles. The molecule has 3 unspecified atom stereocenters. The number of rotatable bonds is 3. The van der Waals surface area contributed by atoms with Crippen molar-refractivity contribution in [2.45, 2.75) is 25.5 Å². The second kappa shape index (κ2) is 5.10. The van der Waals surface area contributed by atoms with Crippen molar-refractivity contribution in [3.63, 3.8) is 0 Å². The second-order valence-corrected chi connectivity index (χ2v) is 5.72. The van der Waals surface area contributed by atoms with E-state index in [0.717, 1.165) is 37.2 Å². The van der Waals surface area contributed by atoms with E-state index in [0.29, 0.717) is 18.4 Å². The standard InChI is InChI=1S/C15H20FNO2/c1-19-15-5-3-12(16)6-11(15)8-17-7-10-2-4-14(18)13(10)9-17/h3,5-6,10,13-14,18H,2,4,7-9H2,1H3. The first-order chi connectivity index (χ1) is 9.17. The largest absolute Gasteiger partial charge is 0.496 e. The number of aliphatic hydroxyl groups is 1. The Morgan fingerprint density at radius 1 is 1.37 bits per heavy atom. The van der Waals surface area contributed by atoms with Crippen LogP contribution in [0.15, 0.2) is 18.2 Å². The molecule has 3 nitrogen and oxygen atoms in total. The number of fused-ring (bicyclic) bond motifs is 1. The summed E-state index contributed by atoms with van der Waals surface area (Å²) in [6.07, 6.45) is 1.90. The number of hydrogen-bond acceptors (Lipinski definition) is 3. The minimum atomic E-state index is -0.227. The molecular weight excluding hydrogens is 245 g/mol. The predicted molar refractivity (Wildman–Crippen MR) is 70.4 cm³/mol. The molecule has 0 amide bonds. The fourth-order valence-corrected chi connectivity index (χ4v) is 3.57. The maximum Gasteiger partial charge on any atom is 0.123 e. The molecule has 1 heterocycles. The summed E-state index contributed by atoms with van der Waals surface area (Å²) in [5, 5.41) is 9.92. The maximum absolute atomic E-state index is 13.3. The first-order valence-electron chi connectivity index (χ1n) is 6.90. The van der Waals surface area contributed by atoms with Gasteiger partial charge < -0.3 is 9.84 Å². The van der Waals surface area contributed by atoms with Gasteiger partial charge in [-0.2, -0.15) is 0 Å². The highest BCUT2D eigenvalue weighted by Gasteiger charge is 2.41. The smallest absolute Gasteiger partial charge is 0.123 e. The van der Waals surface area contributed by atoms with Crippen molar-refractivity contribution in [1.82, 2.24) is 4.90 Å². The zero-order chi connectivity index (χ0) is 13.4. The van der Waals surface area contributed by atoms with Gasteiger partial charge in [0.1, 0.15) is 11.6 Å². The third-order valence-corrected chi connectivity index (χ3v) is 4.53. The molecule has 4 heteroatoms. The lowest BCUT2D eigenvalue weighted by Gasteiger charge is -2.19. The number of methoxy groups -OCH3 is 1. The van der Waals surface area contributed by atoms with Crippen molar-refractivity contribution in [3.8, 4) is 5.75 Å². The minimum Gasteiger partial charge on any atom is -0.496 e. The van der Waals surface area contributed by atoms with Gasteiger partial charge in [-0.1, -0.05) is 0 Å². The van der Waals surface area contributed by atoms with Gasteiger partial charge in [-0.25, -0.2) is 4.39 Å². The Hall–Kier alpha value is -1.13. The van der Waals surface area contributed by atoms with Crippen molar-refractivity contribution in [2.75, 3.05) is 20.2 Å². The molecule has 1 aromatic rings. The molecule has 1 N–H and O–H groups in total. The van der Waals surface area contributed by atoms with Gasteiger partial charge in [-0.3, -0.25) is 4.90 Å². The summed E-state index contributed by atoms with van der Waals surface area (Å²) in [4.78, 5) is 2.30. The number of likely N-dealkylation sites (tertiary alicyclic amines) is 1. The van der Waals surface area contributed by atoms with Crippen LogP contribution in [0.4, 0.5) is 4.39 Å². The summed E-state index contributed by atoms with van der Waals surface area (Å²) < 4.78 is 18.6. The summed E-state index contributed by atoms with van der Waals surface area (Å²) in [7, 11) is 1.61. The molecule has 104 valence electrons. The van der Waals surface area contributed by atoms with Gasteiger partial charge in [0, 0.05) is 31.1 Å². The third-order valence-electron chi connectivity index (χ3n) is 4.53. The average Bonchev–Trinajstić information content (AvgIpc) is 2.92. The van der Waals surface area contributed by atoms with E-state index >= 15 is 0 Å². The fourth-order valence-electron chi connectivity index (χ4n) is 3.57. The van der Waals surface area contributed by atoms with Crippen LogP contribution in [0.5, 0.6) is 5.75 Å². The van der Waals surface area contributed by atoms with Crippen LogP contribution in [0.25, 0.3) is 0 Å². The van der Waals surface area contributed by atoms with Crippen LogP contribution in [0.1, 0.15) is 18.4 Å².